The van der Waals surface area contributed by atoms with Crippen molar-refractivity contribution in [3.05, 3.63) is 30.1 Å². The molecule has 0 aliphatic rings. The van der Waals surface area contributed by atoms with Gasteiger partial charge in [0.05, 0.1) is 18.6 Å². The minimum Gasteiger partial charge on any atom is -0.459 e. The first-order valence-electron chi connectivity index (χ1n) is 5.37. The van der Waals surface area contributed by atoms with Gasteiger partial charge in [0.1, 0.15) is 0 Å². The van der Waals surface area contributed by atoms with Gasteiger partial charge in [0.15, 0.2) is 11.6 Å². The monoisotopic (exact) mass is 279 g/mol. The Bertz CT molecular complexity index is 648. The van der Waals surface area contributed by atoms with Crippen molar-refractivity contribution in [1.82, 2.24) is 20.3 Å². The van der Waals surface area contributed by atoms with E-state index in [1.165, 1.54) is 11.8 Å². The Morgan fingerprint density at radius 2 is 2.26 bits per heavy atom. The van der Waals surface area contributed by atoms with Gasteiger partial charge in [-0.15, -0.1) is 10.2 Å². The average molecular weight is 279 g/mol. The van der Waals surface area contributed by atoms with Crippen LogP contribution in [-0.2, 0) is 12.3 Å². The lowest BCUT2D eigenvalue weighted by Gasteiger charge is -1.89. The summed E-state index contributed by atoms with van der Waals surface area (Å²) in [6.07, 6.45) is 1.54. The van der Waals surface area contributed by atoms with Gasteiger partial charge in [-0.05, 0) is 12.1 Å². The zero-order chi connectivity index (χ0) is 13.1. The Labute approximate surface area is 111 Å². The summed E-state index contributed by atoms with van der Waals surface area (Å²) in [6, 6.07) is 3.50. The third kappa shape index (κ3) is 2.66. The molecule has 0 aliphatic carbocycles. The number of nitrogens with zero attached hydrogens (tertiary/aromatic N) is 4. The van der Waals surface area contributed by atoms with Crippen LogP contribution in [0.4, 0.5) is 0 Å². The maximum absolute atomic E-state index is 5.37. The Balaban J connectivity index is 1.64. The second kappa shape index (κ2) is 5.24. The van der Waals surface area contributed by atoms with Crippen molar-refractivity contribution < 1.29 is 13.4 Å². The first kappa shape index (κ1) is 11.9. The lowest BCUT2D eigenvalue weighted by molar-refractivity contribution is 0.409. The van der Waals surface area contributed by atoms with Crippen LogP contribution < -0.4 is 5.73 Å². The summed E-state index contributed by atoms with van der Waals surface area (Å²) in [5.41, 5.74) is 5.37. The summed E-state index contributed by atoms with van der Waals surface area (Å²) in [6.45, 7) is 0.221. The number of nitrogens with two attached hydrogens (primary N) is 1. The molecule has 0 saturated heterocycles. The van der Waals surface area contributed by atoms with Crippen molar-refractivity contribution in [1.29, 1.82) is 0 Å². The Hall–Kier alpha value is -2.13. The van der Waals surface area contributed by atoms with Crippen LogP contribution in [0, 0.1) is 0 Å². The van der Waals surface area contributed by atoms with Crippen molar-refractivity contribution in [2.45, 2.75) is 17.5 Å². The maximum Gasteiger partial charge on any atom is 0.293 e. The van der Waals surface area contributed by atoms with E-state index < -0.39 is 0 Å². The maximum atomic E-state index is 5.37. The fourth-order valence-corrected chi connectivity index (χ4v) is 1.94. The van der Waals surface area contributed by atoms with Gasteiger partial charge in [0.25, 0.3) is 11.1 Å². The zero-order valence-corrected chi connectivity index (χ0v) is 10.5. The topological polar surface area (TPSA) is 117 Å². The van der Waals surface area contributed by atoms with E-state index in [2.05, 4.69) is 20.3 Å². The molecule has 0 saturated carbocycles. The van der Waals surface area contributed by atoms with Gasteiger partial charge in [-0.1, -0.05) is 16.9 Å². The zero-order valence-electron chi connectivity index (χ0n) is 9.65. The van der Waals surface area contributed by atoms with Gasteiger partial charge in [0.2, 0.25) is 5.89 Å². The third-order valence-corrected chi connectivity index (χ3v) is 2.96. The lowest BCUT2D eigenvalue weighted by Crippen LogP contribution is -1.95. The molecule has 9 heteroatoms. The van der Waals surface area contributed by atoms with Gasteiger partial charge >= 0.3 is 0 Å². The number of hydrogen-bond donors (Lipinski definition) is 1. The smallest absolute Gasteiger partial charge is 0.293 e. The fraction of sp³-hybridized carbons (Fsp3) is 0.200. The van der Waals surface area contributed by atoms with Crippen molar-refractivity contribution >= 4 is 11.8 Å². The standard InChI is InChI=1S/C10H9N5O3S/c11-4-8-13-14-10(17-8)19-5-7-12-9(18-15-7)6-2-1-3-16-6/h1-3H,4-5,11H2. The molecule has 3 aromatic heterocycles. The molecule has 0 atom stereocenters. The number of furan rings is 1. The van der Waals surface area contributed by atoms with E-state index in [0.717, 1.165) is 0 Å². The largest absolute Gasteiger partial charge is 0.459 e. The van der Waals surface area contributed by atoms with Gasteiger partial charge in [-0.2, -0.15) is 4.98 Å². The minimum atomic E-state index is 0.221. The van der Waals surface area contributed by atoms with E-state index in [1.54, 1.807) is 18.4 Å². The second-order valence-electron chi connectivity index (χ2n) is 3.45. The molecule has 0 amide bonds. The Morgan fingerprint density at radius 3 is 3.00 bits per heavy atom. The number of aromatic nitrogens is 4. The van der Waals surface area contributed by atoms with E-state index in [4.69, 9.17) is 19.1 Å². The molecular formula is C10H9N5O3S. The number of rotatable bonds is 5. The van der Waals surface area contributed by atoms with E-state index in [1.807, 2.05) is 0 Å². The number of hydrogen-bond acceptors (Lipinski definition) is 9. The first-order chi connectivity index (χ1) is 9.35. The predicted molar refractivity (Wildman–Crippen MR) is 63.8 cm³/mol. The fourth-order valence-electron chi connectivity index (χ4n) is 1.32. The van der Waals surface area contributed by atoms with Crippen LogP contribution in [0.1, 0.15) is 11.7 Å². The average Bonchev–Trinajstić information content (AvgIpc) is 3.16. The first-order valence-corrected chi connectivity index (χ1v) is 6.35. The molecule has 0 bridgehead atoms. The van der Waals surface area contributed by atoms with Crippen LogP contribution >= 0.6 is 11.8 Å². The number of thioether (sulfide) groups is 1. The van der Waals surface area contributed by atoms with E-state index in [9.17, 15) is 0 Å². The van der Waals surface area contributed by atoms with Gasteiger partial charge in [0, 0.05) is 0 Å². The van der Waals surface area contributed by atoms with Crippen LogP contribution in [-0.4, -0.2) is 20.3 Å². The normalized spacial score (nSPS) is 11.0. The summed E-state index contributed by atoms with van der Waals surface area (Å²) >= 11 is 1.31. The van der Waals surface area contributed by atoms with Crippen LogP contribution in [0.3, 0.4) is 0 Å². The van der Waals surface area contributed by atoms with E-state index in [0.29, 0.717) is 34.3 Å². The molecule has 0 aliphatic heterocycles. The molecule has 0 unspecified atom stereocenters. The second-order valence-corrected chi connectivity index (χ2v) is 4.37. The van der Waals surface area contributed by atoms with Crippen LogP contribution in [0.25, 0.3) is 11.7 Å². The van der Waals surface area contributed by atoms with E-state index in [-0.39, 0.29) is 6.54 Å². The molecule has 3 rings (SSSR count). The molecule has 0 fully saturated rings. The van der Waals surface area contributed by atoms with E-state index >= 15 is 0 Å². The lowest BCUT2D eigenvalue weighted by atomic mass is 10.4. The van der Waals surface area contributed by atoms with Crippen LogP contribution in [0.15, 0.2) is 37.0 Å². The summed E-state index contributed by atoms with van der Waals surface area (Å²) in [4.78, 5) is 4.19. The SMILES string of the molecule is NCc1nnc(SCc2noc(-c3ccco3)n2)o1. The Kier molecular flexibility index (Phi) is 3.29. The summed E-state index contributed by atoms with van der Waals surface area (Å²) in [5.74, 6) is 2.24. The molecule has 0 radical (unpaired) electrons. The summed E-state index contributed by atoms with van der Waals surface area (Å²) in [5, 5.41) is 11.8. The van der Waals surface area contributed by atoms with Gasteiger partial charge < -0.3 is 19.1 Å². The highest BCUT2D eigenvalue weighted by Crippen LogP contribution is 2.22. The molecule has 19 heavy (non-hydrogen) atoms. The molecule has 2 N–H and O–H groups in total. The molecule has 8 nitrogen and oxygen atoms in total. The summed E-state index contributed by atoms with van der Waals surface area (Å²) < 4.78 is 15.5. The van der Waals surface area contributed by atoms with Gasteiger partial charge in [-0.3, -0.25) is 0 Å². The molecule has 0 aromatic carbocycles. The molecule has 0 spiro atoms. The quantitative estimate of drug-likeness (QED) is 0.692. The van der Waals surface area contributed by atoms with Crippen molar-refractivity contribution in [2.24, 2.45) is 5.73 Å². The molecule has 3 aromatic rings. The molecule has 98 valence electrons. The molecule has 3 heterocycles. The van der Waals surface area contributed by atoms with Gasteiger partial charge in [-0.25, -0.2) is 0 Å². The highest BCUT2D eigenvalue weighted by molar-refractivity contribution is 7.98. The van der Waals surface area contributed by atoms with Crippen LogP contribution in [0.5, 0.6) is 0 Å². The van der Waals surface area contributed by atoms with Crippen molar-refractivity contribution in [2.75, 3.05) is 0 Å². The highest BCUT2D eigenvalue weighted by Gasteiger charge is 2.13. The minimum absolute atomic E-state index is 0.221. The van der Waals surface area contributed by atoms with Crippen LogP contribution in [0.2, 0.25) is 0 Å². The molecular weight excluding hydrogens is 270 g/mol. The summed E-state index contributed by atoms with van der Waals surface area (Å²) in [7, 11) is 0. The highest BCUT2D eigenvalue weighted by atomic mass is 32.2. The van der Waals surface area contributed by atoms with Crippen molar-refractivity contribution in [3.63, 3.8) is 0 Å². The Morgan fingerprint density at radius 1 is 1.32 bits per heavy atom. The predicted octanol–water partition coefficient (Wildman–Crippen LogP) is 1.46. The third-order valence-electron chi connectivity index (χ3n) is 2.15. The van der Waals surface area contributed by atoms with Crippen molar-refractivity contribution in [3.8, 4) is 11.7 Å².